The summed E-state index contributed by atoms with van der Waals surface area (Å²) in [4.78, 5) is 11.1. The quantitative estimate of drug-likeness (QED) is 0.666. The van der Waals surface area contributed by atoms with Gasteiger partial charge in [-0.15, -0.1) is 0 Å². The zero-order valence-corrected chi connectivity index (χ0v) is 8.70. The second-order valence-electron chi connectivity index (χ2n) is 3.12. The van der Waals surface area contributed by atoms with E-state index < -0.39 is 18.7 Å². The van der Waals surface area contributed by atoms with Gasteiger partial charge in [0.15, 0.2) is 6.61 Å². The van der Waals surface area contributed by atoms with E-state index in [0.717, 1.165) is 0 Å². The Labute approximate surface area is 93.2 Å². The fourth-order valence-electron chi connectivity index (χ4n) is 0.942. The molecule has 0 aliphatic rings. The number of carbonyl (C=O) groups is 1. The molecule has 5 heteroatoms. The second kappa shape index (κ2) is 6.81. The smallest absolute Gasteiger partial charge is 0.344 e. The molecule has 0 heterocycles. The van der Waals surface area contributed by atoms with Crippen molar-refractivity contribution in [2.75, 3.05) is 19.8 Å². The summed E-state index contributed by atoms with van der Waals surface area (Å²) in [7, 11) is 0. The molecule has 0 aromatic heterocycles. The SMILES string of the molecule is O=C(COc1ccccc1)OCC(O)CO. The van der Waals surface area contributed by atoms with Gasteiger partial charge in [0, 0.05) is 0 Å². The van der Waals surface area contributed by atoms with Crippen LogP contribution in [0.1, 0.15) is 0 Å². The number of ether oxygens (including phenoxy) is 2. The summed E-state index contributed by atoms with van der Waals surface area (Å²) in [5, 5.41) is 17.4. The van der Waals surface area contributed by atoms with Crippen LogP contribution in [-0.4, -0.2) is 42.1 Å². The standard InChI is InChI=1S/C11H14O5/c12-6-9(13)7-16-11(14)8-15-10-4-2-1-3-5-10/h1-5,9,12-13H,6-8H2. The van der Waals surface area contributed by atoms with E-state index in [2.05, 4.69) is 4.74 Å². The number of carbonyl (C=O) groups excluding carboxylic acids is 1. The lowest BCUT2D eigenvalue weighted by Gasteiger charge is -2.09. The molecule has 5 nitrogen and oxygen atoms in total. The zero-order valence-electron chi connectivity index (χ0n) is 8.70. The number of rotatable bonds is 6. The lowest BCUT2D eigenvalue weighted by molar-refractivity contribution is -0.149. The summed E-state index contributed by atoms with van der Waals surface area (Å²) in [6.45, 7) is -0.886. The van der Waals surface area contributed by atoms with Crippen LogP contribution in [0.3, 0.4) is 0 Å². The summed E-state index contributed by atoms with van der Waals surface area (Å²) in [5.41, 5.74) is 0. The van der Waals surface area contributed by atoms with Gasteiger partial charge in [0.2, 0.25) is 0 Å². The largest absolute Gasteiger partial charge is 0.482 e. The van der Waals surface area contributed by atoms with Crippen LogP contribution in [0.15, 0.2) is 30.3 Å². The van der Waals surface area contributed by atoms with Crippen molar-refractivity contribution in [1.82, 2.24) is 0 Å². The van der Waals surface area contributed by atoms with Gasteiger partial charge in [-0.3, -0.25) is 0 Å². The highest BCUT2D eigenvalue weighted by molar-refractivity contribution is 5.71. The first-order chi connectivity index (χ1) is 7.72. The Morgan fingerprint density at radius 2 is 2.00 bits per heavy atom. The summed E-state index contributed by atoms with van der Waals surface area (Å²) in [6, 6.07) is 8.85. The molecule has 0 fully saturated rings. The van der Waals surface area contributed by atoms with E-state index in [0.29, 0.717) is 5.75 Å². The molecule has 0 saturated heterocycles. The van der Waals surface area contributed by atoms with Gasteiger partial charge in [0.25, 0.3) is 0 Å². The molecular weight excluding hydrogens is 212 g/mol. The maximum atomic E-state index is 11.1. The summed E-state index contributed by atoms with van der Waals surface area (Å²) in [5.74, 6) is -0.0153. The molecule has 1 unspecified atom stereocenters. The molecule has 0 bridgehead atoms. The molecule has 0 aliphatic carbocycles. The summed E-state index contributed by atoms with van der Waals surface area (Å²) >= 11 is 0. The lowest BCUT2D eigenvalue weighted by Crippen LogP contribution is -2.24. The van der Waals surface area contributed by atoms with Gasteiger partial charge in [0.05, 0.1) is 6.61 Å². The minimum absolute atomic E-state index is 0.220. The normalized spacial score (nSPS) is 11.9. The van der Waals surface area contributed by atoms with Gasteiger partial charge in [-0.2, -0.15) is 0 Å². The monoisotopic (exact) mass is 226 g/mol. The van der Waals surface area contributed by atoms with Crippen molar-refractivity contribution in [3.63, 3.8) is 0 Å². The van der Waals surface area contributed by atoms with Gasteiger partial charge >= 0.3 is 5.97 Å². The Bertz CT molecular complexity index is 311. The highest BCUT2D eigenvalue weighted by atomic mass is 16.6. The fraction of sp³-hybridized carbons (Fsp3) is 0.364. The van der Waals surface area contributed by atoms with Crippen molar-refractivity contribution >= 4 is 5.97 Å². The van der Waals surface area contributed by atoms with E-state index in [-0.39, 0.29) is 13.2 Å². The minimum atomic E-state index is -1.04. The van der Waals surface area contributed by atoms with Gasteiger partial charge in [-0.1, -0.05) is 18.2 Å². The molecule has 1 atom stereocenters. The molecule has 0 saturated carbocycles. The first-order valence-electron chi connectivity index (χ1n) is 4.84. The van der Waals surface area contributed by atoms with E-state index in [9.17, 15) is 4.79 Å². The highest BCUT2D eigenvalue weighted by Gasteiger charge is 2.08. The van der Waals surface area contributed by atoms with Crippen LogP contribution in [0.5, 0.6) is 5.75 Å². The number of hydrogen-bond donors (Lipinski definition) is 2. The third-order valence-corrected chi connectivity index (χ3v) is 1.75. The fourth-order valence-corrected chi connectivity index (χ4v) is 0.942. The first-order valence-corrected chi connectivity index (χ1v) is 4.84. The molecular formula is C11H14O5. The van der Waals surface area contributed by atoms with E-state index in [1.54, 1.807) is 24.3 Å². The van der Waals surface area contributed by atoms with Crippen molar-refractivity contribution in [1.29, 1.82) is 0 Å². The minimum Gasteiger partial charge on any atom is -0.482 e. The van der Waals surface area contributed by atoms with Crippen LogP contribution in [0.4, 0.5) is 0 Å². The van der Waals surface area contributed by atoms with Crippen LogP contribution in [0.25, 0.3) is 0 Å². The molecule has 1 aromatic carbocycles. The predicted molar refractivity (Wildman–Crippen MR) is 56.0 cm³/mol. The number of esters is 1. The third kappa shape index (κ3) is 4.77. The highest BCUT2D eigenvalue weighted by Crippen LogP contribution is 2.07. The number of para-hydroxylation sites is 1. The maximum absolute atomic E-state index is 11.1. The first kappa shape index (κ1) is 12.5. The van der Waals surface area contributed by atoms with E-state index in [1.165, 1.54) is 0 Å². The molecule has 16 heavy (non-hydrogen) atoms. The third-order valence-electron chi connectivity index (χ3n) is 1.75. The topological polar surface area (TPSA) is 76.0 Å². The van der Waals surface area contributed by atoms with E-state index in [4.69, 9.17) is 14.9 Å². The zero-order chi connectivity index (χ0) is 11.8. The summed E-state index contributed by atoms with van der Waals surface area (Å²) < 4.78 is 9.76. The Morgan fingerprint density at radius 1 is 1.31 bits per heavy atom. The van der Waals surface area contributed by atoms with Crippen LogP contribution in [0, 0.1) is 0 Å². The van der Waals surface area contributed by atoms with Crippen molar-refractivity contribution in [3.05, 3.63) is 30.3 Å². The average molecular weight is 226 g/mol. The molecule has 0 radical (unpaired) electrons. The molecule has 88 valence electrons. The van der Waals surface area contributed by atoms with Crippen molar-refractivity contribution < 1.29 is 24.5 Å². The maximum Gasteiger partial charge on any atom is 0.344 e. The molecule has 2 N–H and O–H groups in total. The Balaban J connectivity index is 2.20. The summed E-state index contributed by atoms with van der Waals surface area (Å²) in [6.07, 6.45) is -1.04. The molecule has 1 rings (SSSR count). The molecule has 0 spiro atoms. The van der Waals surface area contributed by atoms with Gasteiger partial charge in [-0.05, 0) is 12.1 Å². The van der Waals surface area contributed by atoms with Gasteiger partial charge in [0.1, 0.15) is 18.5 Å². The number of aliphatic hydroxyl groups excluding tert-OH is 2. The van der Waals surface area contributed by atoms with Crippen molar-refractivity contribution in [2.45, 2.75) is 6.10 Å². The van der Waals surface area contributed by atoms with E-state index >= 15 is 0 Å². The van der Waals surface area contributed by atoms with E-state index in [1.807, 2.05) is 6.07 Å². The molecule has 1 aromatic rings. The Hall–Kier alpha value is -1.59. The van der Waals surface area contributed by atoms with Crippen LogP contribution < -0.4 is 4.74 Å². The Kier molecular flexibility index (Phi) is 5.31. The number of hydrogen-bond acceptors (Lipinski definition) is 5. The lowest BCUT2D eigenvalue weighted by atomic mass is 10.3. The predicted octanol–water partition coefficient (Wildman–Crippen LogP) is -0.0382. The number of benzene rings is 1. The van der Waals surface area contributed by atoms with Gasteiger partial charge in [-0.25, -0.2) is 4.79 Å². The molecule has 0 aliphatic heterocycles. The van der Waals surface area contributed by atoms with Crippen LogP contribution >= 0.6 is 0 Å². The van der Waals surface area contributed by atoms with Gasteiger partial charge < -0.3 is 19.7 Å². The second-order valence-corrected chi connectivity index (χ2v) is 3.12. The molecule has 0 amide bonds. The number of aliphatic hydroxyl groups is 2. The Morgan fingerprint density at radius 3 is 2.62 bits per heavy atom. The van der Waals surface area contributed by atoms with Crippen molar-refractivity contribution in [3.8, 4) is 5.75 Å². The van der Waals surface area contributed by atoms with Crippen LogP contribution in [-0.2, 0) is 9.53 Å². The average Bonchev–Trinajstić information content (AvgIpc) is 2.34. The van der Waals surface area contributed by atoms with Crippen molar-refractivity contribution in [2.24, 2.45) is 0 Å². The van der Waals surface area contributed by atoms with Crippen LogP contribution in [0.2, 0.25) is 0 Å².